The van der Waals surface area contributed by atoms with Crippen LogP contribution in [0.3, 0.4) is 0 Å². The summed E-state index contributed by atoms with van der Waals surface area (Å²) >= 11 is 0. The van der Waals surface area contributed by atoms with Gasteiger partial charge in [0.2, 0.25) is 0 Å². The number of benzene rings is 1. The number of rotatable bonds is 7. The molecule has 2 atom stereocenters. The molecule has 2 fully saturated rings. The molecule has 2 heteroatoms. The van der Waals surface area contributed by atoms with Gasteiger partial charge >= 0.3 is 0 Å². The van der Waals surface area contributed by atoms with Crippen LogP contribution in [0.5, 0.6) is 0 Å². The van der Waals surface area contributed by atoms with E-state index in [4.69, 9.17) is 0 Å². The molecule has 150 valence electrons. The van der Waals surface area contributed by atoms with Crippen molar-refractivity contribution >= 4 is 0 Å². The first kappa shape index (κ1) is 20.6. The third kappa shape index (κ3) is 5.00. The summed E-state index contributed by atoms with van der Waals surface area (Å²) in [4.78, 5) is 0. The van der Waals surface area contributed by atoms with Crippen molar-refractivity contribution < 1.29 is 8.78 Å². The van der Waals surface area contributed by atoms with Crippen LogP contribution in [0.4, 0.5) is 8.78 Å². The van der Waals surface area contributed by atoms with Crippen LogP contribution in [0.25, 0.3) is 0 Å². The molecule has 1 aromatic rings. The zero-order chi connectivity index (χ0) is 19.2. The van der Waals surface area contributed by atoms with Gasteiger partial charge in [-0.1, -0.05) is 50.5 Å². The number of hydrogen-bond donors (Lipinski definition) is 0. The summed E-state index contributed by atoms with van der Waals surface area (Å²) < 4.78 is 29.2. The van der Waals surface area contributed by atoms with Gasteiger partial charge in [-0.05, 0) is 93.1 Å². The molecule has 0 heterocycles. The predicted molar refractivity (Wildman–Crippen MR) is 110 cm³/mol. The number of allylic oxidation sites excluding steroid dienone is 2. The third-order valence-electron chi connectivity index (χ3n) is 7.17. The van der Waals surface area contributed by atoms with E-state index in [9.17, 15) is 8.78 Å². The molecule has 0 aromatic heterocycles. The van der Waals surface area contributed by atoms with E-state index in [1.54, 1.807) is 0 Å². The summed E-state index contributed by atoms with van der Waals surface area (Å²) in [5, 5.41) is 0. The summed E-state index contributed by atoms with van der Waals surface area (Å²) in [6, 6.07) is 3.68. The molecule has 0 aliphatic heterocycles. The van der Waals surface area contributed by atoms with E-state index >= 15 is 0 Å². The monoisotopic (exact) mass is 374 g/mol. The fraction of sp³-hybridized carbons (Fsp3) is 0.680. The van der Waals surface area contributed by atoms with E-state index < -0.39 is 11.6 Å². The van der Waals surface area contributed by atoms with Gasteiger partial charge in [0.1, 0.15) is 0 Å². The SMILES string of the molecule is C/C=C/CCc1ccc(C2CCC(C3CCC(CCC)C3)CC2)c(F)c1F. The van der Waals surface area contributed by atoms with Gasteiger partial charge in [-0.25, -0.2) is 8.78 Å². The predicted octanol–water partition coefficient (Wildman–Crippen LogP) is 7.96. The summed E-state index contributed by atoms with van der Waals surface area (Å²) in [5.41, 5.74) is 1.13. The van der Waals surface area contributed by atoms with Gasteiger partial charge in [-0.3, -0.25) is 0 Å². The largest absolute Gasteiger partial charge is 0.203 e. The van der Waals surface area contributed by atoms with Crippen molar-refractivity contribution in [3.05, 3.63) is 47.0 Å². The van der Waals surface area contributed by atoms with E-state index in [1.165, 1.54) is 44.9 Å². The first-order valence-corrected chi connectivity index (χ1v) is 11.2. The minimum Gasteiger partial charge on any atom is -0.203 e. The maximum absolute atomic E-state index is 14.7. The maximum Gasteiger partial charge on any atom is 0.162 e. The standard InChI is InChI=1S/C25H36F2/c1-3-5-6-8-21-15-16-23(25(27)24(21)26)20-13-11-19(12-14-20)22-10-9-18(17-22)7-4-2/h3,5,15-16,18-20,22H,4,6-14,17H2,1-2H3/b5-3+. The van der Waals surface area contributed by atoms with Crippen molar-refractivity contribution in [1.29, 1.82) is 0 Å². The second-order valence-corrected chi connectivity index (χ2v) is 8.89. The highest BCUT2D eigenvalue weighted by Crippen LogP contribution is 2.46. The molecule has 2 saturated carbocycles. The Morgan fingerprint density at radius 1 is 0.963 bits per heavy atom. The van der Waals surface area contributed by atoms with Gasteiger partial charge in [0.25, 0.3) is 0 Å². The Morgan fingerprint density at radius 2 is 1.70 bits per heavy atom. The Labute approximate surface area is 164 Å². The lowest BCUT2D eigenvalue weighted by atomic mass is 9.73. The van der Waals surface area contributed by atoms with Crippen molar-refractivity contribution in [2.45, 2.75) is 90.4 Å². The summed E-state index contributed by atoms with van der Waals surface area (Å²) in [6.45, 7) is 4.24. The molecule has 2 unspecified atom stereocenters. The minimum absolute atomic E-state index is 0.202. The molecule has 27 heavy (non-hydrogen) atoms. The average Bonchev–Trinajstić information content (AvgIpc) is 3.15. The van der Waals surface area contributed by atoms with E-state index in [0.29, 0.717) is 17.5 Å². The second kappa shape index (κ2) is 9.85. The quantitative estimate of drug-likeness (QED) is 0.425. The Morgan fingerprint density at radius 3 is 2.41 bits per heavy atom. The second-order valence-electron chi connectivity index (χ2n) is 8.89. The van der Waals surface area contributed by atoms with Gasteiger partial charge in [-0.2, -0.15) is 0 Å². The summed E-state index contributed by atoms with van der Waals surface area (Å²) in [7, 11) is 0. The smallest absolute Gasteiger partial charge is 0.162 e. The van der Waals surface area contributed by atoms with Gasteiger partial charge < -0.3 is 0 Å². The first-order valence-electron chi connectivity index (χ1n) is 11.2. The van der Waals surface area contributed by atoms with Crippen molar-refractivity contribution in [1.82, 2.24) is 0 Å². The van der Waals surface area contributed by atoms with Crippen LogP contribution in [-0.2, 0) is 6.42 Å². The average molecular weight is 375 g/mol. The number of hydrogen-bond acceptors (Lipinski definition) is 0. The topological polar surface area (TPSA) is 0 Å². The fourth-order valence-electron chi connectivity index (χ4n) is 5.63. The molecule has 0 N–H and O–H groups in total. The molecule has 0 amide bonds. The molecule has 0 spiro atoms. The van der Waals surface area contributed by atoms with Crippen LogP contribution < -0.4 is 0 Å². The molecule has 0 bridgehead atoms. The highest BCUT2D eigenvalue weighted by molar-refractivity contribution is 5.29. The molecular weight excluding hydrogens is 338 g/mol. The summed E-state index contributed by atoms with van der Waals surface area (Å²) in [5.74, 6) is 1.65. The van der Waals surface area contributed by atoms with Crippen LogP contribution in [-0.4, -0.2) is 0 Å². The lowest BCUT2D eigenvalue weighted by molar-refractivity contribution is 0.227. The van der Waals surface area contributed by atoms with Crippen LogP contribution in [0, 0.1) is 29.4 Å². The third-order valence-corrected chi connectivity index (χ3v) is 7.17. The van der Waals surface area contributed by atoms with Gasteiger partial charge in [0.15, 0.2) is 11.6 Å². The Bertz CT molecular complexity index is 625. The first-order chi connectivity index (χ1) is 13.1. The molecule has 2 aliphatic rings. The molecule has 1 aromatic carbocycles. The molecule has 0 saturated heterocycles. The Kier molecular flexibility index (Phi) is 7.49. The van der Waals surface area contributed by atoms with E-state index in [-0.39, 0.29) is 5.92 Å². The van der Waals surface area contributed by atoms with Crippen molar-refractivity contribution in [2.75, 3.05) is 0 Å². The van der Waals surface area contributed by atoms with Crippen molar-refractivity contribution in [3.63, 3.8) is 0 Å². The Hall–Kier alpha value is -1.18. The maximum atomic E-state index is 14.7. The van der Waals surface area contributed by atoms with Crippen LogP contribution in [0.2, 0.25) is 0 Å². The molecule has 0 radical (unpaired) electrons. The van der Waals surface area contributed by atoms with Crippen LogP contribution >= 0.6 is 0 Å². The highest BCUT2D eigenvalue weighted by atomic mass is 19.2. The zero-order valence-corrected chi connectivity index (χ0v) is 17.2. The van der Waals surface area contributed by atoms with E-state index in [2.05, 4.69) is 6.92 Å². The summed E-state index contributed by atoms with van der Waals surface area (Å²) in [6.07, 6.45) is 16.6. The minimum atomic E-state index is -0.614. The van der Waals surface area contributed by atoms with E-state index in [0.717, 1.165) is 37.0 Å². The van der Waals surface area contributed by atoms with Gasteiger partial charge in [0.05, 0.1) is 0 Å². The molecule has 0 nitrogen and oxygen atoms in total. The van der Waals surface area contributed by atoms with Gasteiger partial charge in [-0.15, -0.1) is 0 Å². The van der Waals surface area contributed by atoms with Crippen LogP contribution in [0.15, 0.2) is 24.3 Å². The normalized spacial score (nSPS) is 28.9. The van der Waals surface area contributed by atoms with E-state index in [1.807, 2.05) is 31.2 Å². The Balaban J connectivity index is 1.57. The number of aryl methyl sites for hydroxylation is 1. The molecule has 2 aliphatic carbocycles. The lowest BCUT2D eigenvalue weighted by Crippen LogP contribution is -2.20. The fourth-order valence-corrected chi connectivity index (χ4v) is 5.63. The highest BCUT2D eigenvalue weighted by Gasteiger charge is 2.34. The van der Waals surface area contributed by atoms with Gasteiger partial charge in [0, 0.05) is 0 Å². The van der Waals surface area contributed by atoms with Crippen molar-refractivity contribution in [3.8, 4) is 0 Å². The lowest BCUT2D eigenvalue weighted by Gasteiger charge is -2.33. The van der Waals surface area contributed by atoms with Crippen molar-refractivity contribution in [2.24, 2.45) is 17.8 Å². The number of halogens is 2. The molecular formula is C25H36F2. The van der Waals surface area contributed by atoms with Crippen LogP contribution in [0.1, 0.15) is 95.1 Å². The molecule has 3 rings (SSSR count). The zero-order valence-electron chi connectivity index (χ0n) is 17.2.